The van der Waals surface area contributed by atoms with E-state index in [-0.39, 0.29) is 11.1 Å². The number of rotatable bonds is 2. The molecule has 6 heteroatoms. The molecule has 0 radical (unpaired) electrons. The van der Waals surface area contributed by atoms with Gasteiger partial charge in [-0.05, 0) is 35.7 Å². The summed E-state index contributed by atoms with van der Waals surface area (Å²) in [6.07, 6.45) is 0. The van der Waals surface area contributed by atoms with Crippen molar-refractivity contribution in [2.45, 2.75) is 20.8 Å². The van der Waals surface area contributed by atoms with Gasteiger partial charge < -0.3 is 5.32 Å². The molecule has 3 nitrogen and oxygen atoms in total. The minimum absolute atomic E-state index is 0.101. The summed E-state index contributed by atoms with van der Waals surface area (Å²) in [5, 5.41) is 4.92. The summed E-state index contributed by atoms with van der Waals surface area (Å²) in [5.41, 5.74) is 0.794. The van der Waals surface area contributed by atoms with E-state index in [2.05, 4.69) is 16.4 Å². The molecule has 0 bridgehead atoms. The summed E-state index contributed by atoms with van der Waals surface area (Å²) in [4.78, 5) is 17.5. The molecule has 24 heavy (non-hydrogen) atoms. The van der Waals surface area contributed by atoms with Gasteiger partial charge in [-0.1, -0.05) is 50.0 Å². The zero-order chi connectivity index (χ0) is 17.5. The van der Waals surface area contributed by atoms with E-state index < -0.39 is 5.41 Å². The number of anilines is 1. The lowest BCUT2D eigenvalue weighted by molar-refractivity contribution is -0.123. The van der Waals surface area contributed by atoms with Gasteiger partial charge in [-0.2, -0.15) is 0 Å². The van der Waals surface area contributed by atoms with Crippen LogP contribution in [0.2, 0.25) is 10.2 Å². The number of fused-ring (bicyclic) bond motifs is 1. The number of halogens is 2. The van der Waals surface area contributed by atoms with Crippen LogP contribution in [-0.4, -0.2) is 10.9 Å². The topological polar surface area (TPSA) is 42.0 Å². The zero-order valence-corrected chi connectivity index (χ0v) is 15.8. The van der Waals surface area contributed by atoms with E-state index in [9.17, 15) is 4.79 Å². The van der Waals surface area contributed by atoms with Crippen LogP contribution in [0.25, 0.3) is 20.7 Å². The lowest BCUT2D eigenvalue weighted by atomic mass is 9.95. The van der Waals surface area contributed by atoms with E-state index in [0.29, 0.717) is 10.7 Å². The first-order valence-electron chi connectivity index (χ1n) is 7.41. The highest BCUT2D eigenvalue weighted by molar-refractivity contribution is 7.22. The molecule has 2 heterocycles. The molecule has 2 aromatic heterocycles. The van der Waals surface area contributed by atoms with Crippen molar-refractivity contribution < 1.29 is 4.79 Å². The maximum absolute atomic E-state index is 12.1. The number of hydrogen-bond acceptors (Lipinski definition) is 3. The molecule has 3 rings (SSSR count). The highest BCUT2D eigenvalue weighted by atomic mass is 35.5. The van der Waals surface area contributed by atoms with Gasteiger partial charge in [0, 0.05) is 15.1 Å². The van der Waals surface area contributed by atoms with Gasteiger partial charge in [0.15, 0.2) is 5.15 Å². The largest absolute Gasteiger partial charge is 0.323 e. The zero-order valence-electron chi connectivity index (χ0n) is 13.5. The minimum atomic E-state index is -0.493. The fourth-order valence-electron chi connectivity index (χ4n) is 2.11. The van der Waals surface area contributed by atoms with E-state index in [0.717, 1.165) is 20.7 Å². The van der Waals surface area contributed by atoms with Crippen molar-refractivity contribution in [2.75, 3.05) is 5.32 Å². The molecule has 0 saturated heterocycles. The highest BCUT2D eigenvalue weighted by Crippen LogP contribution is 2.35. The number of pyridine rings is 1. The van der Waals surface area contributed by atoms with Gasteiger partial charge in [-0.25, -0.2) is 4.98 Å². The van der Waals surface area contributed by atoms with Gasteiger partial charge in [0.2, 0.25) is 5.91 Å². The standard InChI is InChI=1S/C18H16Cl2N2OS/c1-18(2,3)17(23)22-13-7-6-12(21-16(13)20)15-8-10-4-5-11(19)9-14(10)24-15/h4-9H,1-3H3,(H,22,23). The summed E-state index contributed by atoms with van der Waals surface area (Å²) >= 11 is 13.9. The molecule has 0 atom stereocenters. The van der Waals surface area contributed by atoms with Crippen LogP contribution in [-0.2, 0) is 4.79 Å². The Labute approximate surface area is 154 Å². The fraction of sp³-hybridized carbons (Fsp3) is 0.222. The molecule has 0 saturated carbocycles. The Morgan fingerprint density at radius 2 is 1.88 bits per heavy atom. The number of nitrogens with one attached hydrogen (secondary N) is 1. The molecule has 3 aromatic rings. The van der Waals surface area contributed by atoms with Gasteiger partial charge >= 0.3 is 0 Å². The average molecular weight is 379 g/mol. The number of hydrogen-bond donors (Lipinski definition) is 1. The number of benzene rings is 1. The SMILES string of the molecule is CC(C)(C)C(=O)Nc1ccc(-c2cc3ccc(Cl)cc3s2)nc1Cl. The first-order valence-corrected chi connectivity index (χ1v) is 8.99. The molecule has 0 aliphatic carbocycles. The maximum atomic E-state index is 12.1. The second kappa shape index (κ2) is 6.36. The smallest absolute Gasteiger partial charge is 0.229 e. The Morgan fingerprint density at radius 1 is 1.12 bits per heavy atom. The van der Waals surface area contributed by atoms with Crippen LogP contribution in [0.4, 0.5) is 5.69 Å². The summed E-state index contributed by atoms with van der Waals surface area (Å²) in [6.45, 7) is 5.54. The van der Waals surface area contributed by atoms with Crippen LogP contribution in [0.1, 0.15) is 20.8 Å². The third-order valence-corrected chi connectivity index (χ3v) is 5.16. The number of carbonyl (C=O) groups excluding carboxylic acids is 1. The van der Waals surface area contributed by atoms with Gasteiger partial charge in [0.1, 0.15) is 0 Å². The van der Waals surface area contributed by atoms with Gasteiger partial charge in [-0.15, -0.1) is 11.3 Å². The van der Waals surface area contributed by atoms with Crippen LogP contribution < -0.4 is 5.32 Å². The molecule has 0 unspecified atom stereocenters. The Balaban J connectivity index is 1.92. The predicted octanol–water partition coefficient (Wildman–Crippen LogP) is 6.25. The summed E-state index contributed by atoms with van der Waals surface area (Å²) < 4.78 is 1.10. The van der Waals surface area contributed by atoms with Crippen molar-refractivity contribution in [2.24, 2.45) is 5.41 Å². The molecule has 0 fully saturated rings. The van der Waals surface area contributed by atoms with Crippen molar-refractivity contribution in [1.82, 2.24) is 4.98 Å². The fourth-order valence-corrected chi connectivity index (χ4v) is 3.62. The molecule has 1 N–H and O–H groups in total. The number of aromatic nitrogens is 1. The Morgan fingerprint density at radius 3 is 2.54 bits per heavy atom. The van der Waals surface area contributed by atoms with E-state index in [4.69, 9.17) is 23.2 Å². The van der Waals surface area contributed by atoms with Gasteiger partial charge in [0.05, 0.1) is 16.3 Å². The first-order chi connectivity index (χ1) is 11.2. The molecule has 1 amide bonds. The van der Waals surface area contributed by atoms with E-state index in [1.807, 2.05) is 45.0 Å². The second-order valence-electron chi connectivity index (χ2n) is 6.53. The quantitative estimate of drug-likeness (QED) is 0.535. The van der Waals surface area contributed by atoms with Crippen molar-refractivity contribution in [1.29, 1.82) is 0 Å². The predicted molar refractivity (Wildman–Crippen MR) is 103 cm³/mol. The highest BCUT2D eigenvalue weighted by Gasteiger charge is 2.22. The van der Waals surface area contributed by atoms with E-state index >= 15 is 0 Å². The second-order valence-corrected chi connectivity index (χ2v) is 8.41. The van der Waals surface area contributed by atoms with Crippen LogP contribution in [0.3, 0.4) is 0 Å². The Bertz CT molecular complexity index is 928. The summed E-state index contributed by atoms with van der Waals surface area (Å²) in [6, 6.07) is 11.5. The normalized spacial score (nSPS) is 11.7. The Kier molecular flexibility index (Phi) is 4.56. The Hall–Kier alpha value is -1.62. The third kappa shape index (κ3) is 3.56. The molecule has 0 aliphatic rings. The molecular weight excluding hydrogens is 363 g/mol. The molecule has 0 aliphatic heterocycles. The maximum Gasteiger partial charge on any atom is 0.229 e. The van der Waals surface area contributed by atoms with Crippen LogP contribution in [0, 0.1) is 5.41 Å². The lowest BCUT2D eigenvalue weighted by Crippen LogP contribution is -2.27. The average Bonchev–Trinajstić information content (AvgIpc) is 2.91. The van der Waals surface area contributed by atoms with Crippen molar-refractivity contribution in [3.8, 4) is 10.6 Å². The number of nitrogens with zero attached hydrogens (tertiary/aromatic N) is 1. The molecular formula is C18H16Cl2N2OS. The molecule has 124 valence electrons. The number of amides is 1. The summed E-state index contributed by atoms with van der Waals surface area (Å²) in [5.74, 6) is -0.101. The van der Waals surface area contributed by atoms with Crippen molar-refractivity contribution in [3.05, 3.63) is 46.6 Å². The third-order valence-electron chi connectivity index (χ3n) is 3.51. The van der Waals surface area contributed by atoms with Gasteiger partial charge in [0.25, 0.3) is 0 Å². The van der Waals surface area contributed by atoms with E-state index in [1.54, 1.807) is 17.4 Å². The summed E-state index contributed by atoms with van der Waals surface area (Å²) in [7, 11) is 0. The van der Waals surface area contributed by atoms with Crippen molar-refractivity contribution >= 4 is 56.2 Å². The molecule has 0 spiro atoms. The van der Waals surface area contributed by atoms with Crippen LogP contribution in [0.15, 0.2) is 36.4 Å². The first kappa shape index (κ1) is 17.2. The van der Waals surface area contributed by atoms with Crippen molar-refractivity contribution in [3.63, 3.8) is 0 Å². The lowest BCUT2D eigenvalue weighted by Gasteiger charge is -2.18. The number of thiophene rings is 1. The van der Waals surface area contributed by atoms with Crippen LogP contribution >= 0.6 is 34.5 Å². The molecule has 1 aromatic carbocycles. The van der Waals surface area contributed by atoms with Gasteiger partial charge in [-0.3, -0.25) is 4.79 Å². The monoisotopic (exact) mass is 378 g/mol. The van der Waals surface area contributed by atoms with Crippen LogP contribution in [0.5, 0.6) is 0 Å². The number of carbonyl (C=O) groups is 1. The van der Waals surface area contributed by atoms with E-state index in [1.165, 1.54) is 0 Å². The minimum Gasteiger partial charge on any atom is -0.323 e.